The van der Waals surface area contributed by atoms with E-state index in [1.54, 1.807) is 25.4 Å². The van der Waals surface area contributed by atoms with E-state index in [4.69, 9.17) is 4.98 Å². The number of hydrogen-bond acceptors (Lipinski definition) is 6. The molecule has 0 aliphatic heterocycles. The molecule has 6 aromatic rings. The number of carbonyl (C=O) groups is 2. The molecule has 0 unspecified atom stereocenters. The number of pyridine rings is 2. The zero-order chi connectivity index (χ0) is 29.2. The van der Waals surface area contributed by atoms with Crippen molar-refractivity contribution in [2.45, 2.75) is 27.2 Å². The van der Waals surface area contributed by atoms with Gasteiger partial charge in [0.1, 0.15) is 11.5 Å². The number of benzene rings is 2. The van der Waals surface area contributed by atoms with Crippen LogP contribution in [0, 0.1) is 0 Å². The van der Waals surface area contributed by atoms with E-state index in [2.05, 4.69) is 30.5 Å². The molecule has 210 valence electrons. The maximum absolute atomic E-state index is 12.8. The van der Waals surface area contributed by atoms with Gasteiger partial charge in [0.2, 0.25) is 5.91 Å². The highest BCUT2D eigenvalue weighted by Crippen LogP contribution is 2.32. The Morgan fingerprint density at radius 3 is 2.36 bits per heavy atom. The van der Waals surface area contributed by atoms with E-state index in [0.29, 0.717) is 48.1 Å². The Bertz CT molecular complexity index is 1900. The summed E-state index contributed by atoms with van der Waals surface area (Å²) in [6, 6.07) is 19.3. The molecule has 0 atom stereocenters. The van der Waals surface area contributed by atoms with Crippen molar-refractivity contribution in [3.8, 4) is 33.8 Å². The summed E-state index contributed by atoms with van der Waals surface area (Å²) >= 11 is 0. The highest BCUT2D eigenvalue weighted by molar-refractivity contribution is 5.98. The van der Waals surface area contributed by atoms with E-state index in [0.717, 1.165) is 38.7 Å². The Labute approximate surface area is 242 Å². The average Bonchev–Trinajstić information content (AvgIpc) is 3.66. The molecule has 10 nitrogen and oxygen atoms in total. The SMILES string of the molecule is CCC(=O)Nc1ccc(-c2cnc3[nH]nc(-c4nc5c(-c6ccc(C(=O)N(CC)CC)cc6)cccc5[nH]4)c3c2)cn1. The largest absolute Gasteiger partial charge is 0.339 e. The zero-order valence-electron chi connectivity index (χ0n) is 23.6. The van der Waals surface area contributed by atoms with Crippen molar-refractivity contribution >= 4 is 39.7 Å². The van der Waals surface area contributed by atoms with Crippen molar-refractivity contribution in [2.24, 2.45) is 0 Å². The standard InChI is InChI=1S/C32H30N8O2/c1-4-27(41)36-26-15-14-21(17-33-26)22-16-24-29(38-39-30(24)34-18-22)31-35-25-9-7-8-23(28(25)37-31)19-10-12-20(13-11-19)32(42)40(5-2)6-3/h7-18H,4-6H2,1-3H3,(H,35,37)(H,33,36,41)(H,34,38,39). The van der Waals surface area contributed by atoms with Gasteiger partial charge in [-0.15, -0.1) is 0 Å². The van der Waals surface area contributed by atoms with Gasteiger partial charge in [0.05, 0.1) is 16.4 Å². The number of anilines is 1. The number of hydrogen-bond donors (Lipinski definition) is 3. The van der Waals surface area contributed by atoms with Crippen molar-refractivity contribution < 1.29 is 9.59 Å². The van der Waals surface area contributed by atoms with Crippen molar-refractivity contribution in [1.82, 2.24) is 35.0 Å². The number of H-pyrrole nitrogens is 2. The smallest absolute Gasteiger partial charge is 0.253 e. The predicted molar refractivity (Wildman–Crippen MR) is 164 cm³/mol. The van der Waals surface area contributed by atoms with Crippen LogP contribution in [0.25, 0.3) is 55.8 Å². The van der Waals surface area contributed by atoms with E-state index < -0.39 is 0 Å². The molecule has 2 aromatic carbocycles. The van der Waals surface area contributed by atoms with E-state index >= 15 is 0 Å². The van der Waals surface area contributed by atoms with Crippen LogP contribution in [-0.2, 0) is 4.79 Å². The van der Waals surface area contributed by atoms with Crippen molar-refractivity contribution in [1.29, 1.82) is 0 Å². The van der Waals surface area contributed by atoms with Crippen molar-refractivity contribution in [2.75, 3.05) is 18.4 Å². The molecular weight excluding hydrogens is 528 g/mol. The number of amides is 2. The molecule has 0 fully saturated rings. The lowest BCUT2D eigenvalue weighted by Crippen LogP contribution is -2.30. The number of nitrogens with one attached hydrogen (secondary N) is 3. The molecule has 0 aliphatic carbocycles. The first-order valence-electron chi connectivity index (χ1n) is 14.0. The number of aromatic amines is 2. The topological polar surface area (TPSA) is 133 Å². The minimum absolute atomic E-state index is 0.0280. The van der Waals surface area contributed by atoms with Gasteiger partial charge >= 0.3 is 0 Å². The van der Waals surface area contributed by atoms with Crippen molar-refractivity contribution in [3.05, 3.63) is 78.6 Å². The van der Waals surface area contributed by atoms with Crippen LogP contribution in [0.5, 0.6) is 0 Å². The van der Waals surface area contributed by atoms with Gasteiger partial charge in [-0.2, -0.15) is 5.10 Å². The zero-order valence-corrected chi connectivity index (χ0v) is 23.6. The van der Waals surface area contributed by atoms with Crippen LogP contribution in [0.1, 0.15) is 37.6 Å². The Morgan fingerprint density at radius 1 is 0.881 bits per heavy atom. The monoisotopic (exact) mass is 558 g/mol. The second kappa shape index (κ2) is 11.2. The minimum atomic E-state index is -0.0854. The van der Waals surface area contributed by atoms with Crippen molar-refractivity contribution in [3.63, 3.8) is 0 Å². The molecule has 2 amide bonds. The lowest BCUT2D eigenvalue weighted by molar-refractivity contribution is -0.115. The van der Waals surface area contributed by atoms with Crippen LogP contribution in [0.3, 0.4) is 0 Å². The second-order valence-corrected chi connectivity index (χ2v) is 9.87. The summed E-state index contributed by atoms with van der Waals surface area (Å²) in [7, 11) is 0. The molecule has 0 aliphatic rings. The molecule has 4 heterocycles. The molecule has 3 N–H and O–H groups in total. The predicted octanol–water partition coefficient (Wildman–Crippen LogP) is 6.06. The number of rotatable bonds is 8. The third-order valence-electron chi connectivity index (χ3n) is 7.33. The van der Waals surface area contributed by atoms with Gasteiger partial charge in [0, 0.05) is 54.2 Å². The van der Waals surface area contributed by atoms with Crippen LogP contribution in [0.4, 0.5) is 5.82 Å². The average molecular weight is 559 g/mol. The fourth-order valence-corrected chi connectivity index (χ4v) is 4.97. The van der Waals surface area contributed by atoms with Gasteiger partial charge in [-0.25, -0.2) is 15.0 Å². The normalized spacial score (nSPS) is 11.2. The Kier molecular flexibility index (Phi) is 7.18. The van der Waals surface area contributed by atoms with Gasteiger partial charge < -0.3 is 15.2 Å². The second-order valence-electron chi connectivity index (χ2n) is 9.87. The summed E-state index contributed by atoms with van der Waals surface area (Å²) in [5.41, 5.74) is 7.30. The lowest BCUT2D eigenvalue weighted by atomic mass is 10.0. The van der Waals surface area contributed by atoms with Gasteiger partial charge in [0.15, 0.2) is 11.5 Å². The third-order valence-corrected chi connectivity index (χ3v) is 7.33. The number of carbonyl (C=O) groups excluding carboxylic acids is 2. The Hall–Kier alpha value is -5.38. The van der Waals surface area contributed by atoms with Crippen LogP contribution in [0.15, 0.2) is 73.1 Å². The van der Waals surface area contributed by atoms with Crippen LogP contribution in [-0.4, -0.2) is 59.9 Å². The van der Waals surface area contributed by atoms with E-state index in [1.807, 2.05) is 73.3 Å². The van der Waals surface area contributed by atoms with Gasteiger partial charge in [-0.05, 0) is 55.8 Å². The molecule has 10 heteroatoms. The lowest BCUT2D eigenvalue weighted by Gasteiger charge is -2.18. The van der Waals surface area contributed by atoms with Gasteiger partial charge in [0.25, 0.3) is 5.91 Å². The summed E-state index contributed by atoms with van der Waals surface area (Å²) in [6.45, 7) is 7.11. The minimum Gasteiger partial charge on any atom is -0.339 e. The first-order valence-corrected chi connectivity index (χ1v) is 14.0. The third kappa shape index (κ3) is 4.98. The van der Waals surface area contributed by atoms with E-state index in [9.17, 15) is 9.59 Å². The summed E-state index contributed by atoms with van der Waals surface area (Å²) in [5, 5.41) is 11.1. The van der Waals surface area contributed by atoms with E-state index in [1.165, 1.54) is 0 Å². The Balaban J connectivity index is 1.33. The molecule has 0 saturated heterocycles. The first kappa shape index (κ1) is 26.8. The van der Waals surface area contributed by atoms with Crippen LogP contribution in [0.2, 0.25) is 0 Å². The quantitative estimate of drug-likeness (QED) is 0.208. The number of imidazole rings is 1. The number of para-hydroxylation sites is 1. The molecule has 0 saturated carbocycles. The molecule has 4 aromatic heterocycles. The maximum Gasteiger partial charge on any atom is 0.253 e. The number of fused-ring (bicyclic) bond motifs is 2. The summed E-state index contributed by atoms with van der Waals surface area (Å²) in [5.74, 6) is 1.07. The maximum atomic E-state index is 12.8. The number of aromatic nitrogens is 6. The fourth-order valence-electron chi connectivity index (χ4n) is 4.97. The molecule has 0 spiro atoms. The highest BCUT2D eigenvalue weighted by atomic mass is 16.2. The van der Waals surface area contributed by atoms with Crippen LogP contribution < -0.4 is 5.32 Å². The highest BCUT2D eigenvalue weighted by Gasteiger charge is 2.17. The van der Waals surface area contributed by atoms with Gasteiger partial charge in [-0.1, -0.05) is 31.2 Å². The van der Waals surface area contributed by atoms with Gasteiger partial charge in [-0.3, -0.25) is 14.7 Å². The molecular formula is C32H30N8O2. The molecule has 0 bridgehead atoms. The summed E-state index contributed by atoms with van der Waals surface area (Å²) < 4.78 is 0. The number of nitrogens with zero attached hydrogens (tertiary/aromatic N) is 5. The molecule has 6 rings (SSSR count). The molecule has 0 radical (unpaired) electrons. The fraction of sp³-hybridized carbons (Fsp3) is 0.188. The van der Waals surface area contributed by atoms with E-state index in [-0.39, 0.29) is 11.8 Å². The Morgan fingerprint density at radius 2 is 1.64 bits per heavy atom. The summed E-state index contributed by atoms with van der Waals surface area (Å²) in [6.07, 6.45) is 3.86. The first-order chi connectivity index (χ1) is 20.5. The molecule has 42 heavy (non-hydrogen) atoms. The summed E-state index contributed by atoms with van der Waals surface area (Å²) in [4.78, 5) is 43.5. The van der Waals surface area contributed by atoms with Crippen LogP contribution >= 0.6 is 0 Å².